The number of pyridine rings is 1. The van der Waals surface area contributed by atoms with Gasteiger partial charge in [0.15, 0.2) is 11.1 Å². The van der Waals surface area contributed by atoms with Crippen LogP contribution in [0.2, 0.25) is 0 Å². The summed E-state index contributed by atoms with van der Waals surface area (Å²) < 4.78 is 21.3. The molecular formula is C15H13NO3S2. The van der Waals surface area contributed by atoms with Gasteiger partial charge in [-0.2, -0.15) is 0 Å². The summed E-state index contributed by atoms with van der Waals surface area (Å²) in [6.07, 6.45) is 3.05. The first-order valence-corrected chi connectivity index (χ1v) is 8.43. The lowest BCUT2D eigenvalue weighted by molar-refractivity contribution is -0.117. The molecule has 0 bridgehead atoms. The molecule has 1 aliphatic rings. The number of ketones is 1. The predicted molar refractivity (Wildman–Crippen MR) is 84.1 cm³/mol. The van der Waals surface area contributed by atoms with E-state index in [0.717, 1.165) is 21.0 Å². The Morgan fingerprint density at radius 3 is 2.71 bits per heavy atom. The largest absolute Gasteiger partial charge is 0.302 e. The maximum atomic E-state index is 11.7. The molecule has 1 unspecified atom stereocenters. The molecule has 2 heterocycles. The van der Waals surface area contributed by atoms with Gasteiger partial charge < -0.3 is 4.55 Å². The molecule has 0 aromatic carbocycles. The monoisotopic (exact) mass is 319 g/mol. The van der Waals surface area contributed by atoms with Crippen molar-refractivity contribution < 1.29 is 13.6 Å². The molecular weight excluding hydrogens is 306 g/mol. The number of thiophene rings is 1. The van der Waals surface area contributed by atoms with Gasteiger partial charge in [-0.15, -0.1) is 11.3 Å². The Bertz CT molecular complexity index is 734. The molecule has 1 aliphatic carbocycles. The lowest BCUT2D eigenvalue weighted by Crippen LogP contribution is -1.95. The molecule has 0 radical (unpaired) electrons. The average Bonchev–Trinajstić information content (AvgIpc) is 3.10. The molecule has 0 saturated heterocycles. The van der Waals surface area contributed by atoms with Gasteiger partial charge in [0.25, 0.3) is 0 Å². The standard InChI is InChI=1S/C15H13NO3S2/c17-11-5-4-10(9-11)15(21(18)19)14-7-6-13(20-14)12-3-1-2-8-16-12/h1-3,6-8H,4-5,9H2,(H,18,19). The second-order valence-corrected chi connectivity index (χ2v) is 6.77. The van der Waals surface area contributed by atoms with Crippen molar-refractivity contribution in [3.05, 3.63) is 47.0 Å². The summed E-state index contributed by atoms with van der Waals surface area (Å²) in [6, 6.07) is 9.37. The van der Waals surface area contributed by atoms with Gasteiger partial charge in [-0.3, -0.25) is 9.78 Å². The Morgan fingerprint density at radius 2 is 2.10 bits per heavy atom. The number of carbonyl (C=O) groups excluding carboxylic acids is 1. The minimum atomic E-state index is -2.08. The minimum Gasteiger partial charge on any atom is -0.302 e. The van der Waals surface area contributed by atoms with Crippen LogP contribution in [-0.2, 0) is 15.9 Å². The van der Waals surface area contributed by atoms with Gasteiger partial charge in [0.1, 0.15) is 5.78 Å². The number of aromatic nitrogens is 1. The summed E-state index contributed by atoms with van der Waals surface area (Å²) in [5.41, 5.74) is 1.62. The van der Waals surface area contributed by atoms with Crippen LogP contribution in [0.1, 0.15) is 24.1 Å². The van der Waals surface area contributed by atoms with Gasteiger partial charge in [0, 0.05) is 23.9 Å². The number of allylic oxidation sites excluding steroid dienone is 1. The molecule has 2 aromatic heterocycles. The Balaban J connectivity index is 2.01. The zero-order chi connectivity index (χ0) is 14.8. The van der Waals surface area contributed by atoms with E-state index in [0.29, 0.717) is 24.2 Å². The van der Waals surface area contributed by atoms with Crippen LogP contribution in [0.4, 0.5) is 0 Å². The number of rotatable bonds is 3. The third-order valence-corrected chi connectivity index (χ3v) is 5.47. The third kappa shape index (κ3) is 3.02. The number of hydrogen-bond donors (Lipinski definition) is 1. The molecule has 1 N–H and O–H groups in total. The van der Waals surface area contributed by atoms with Crippen molar-refractivity contribution >= 4 is 33.1 Å². The summed E-state index contributed by atoms with van der Waals surface area (Å²) in [5, 5.41) is 0. The minimum absolute atomic E-state index is 0.134. The van der Waals surface area contributed by atoms with Crippen molar-refractivity contribution in [1.29, 1.82) is 0 Å². The zero-order valence-corrected chi connectivity index (χ0v) is 12.7. The number of Topliss-reactive ketones (excluding diaryl/α,β-unsaturated/α-hetero) is 1. The fraction of sp³-hybridized carbons (Fsp3) is 0.200. The highest BCUT2D eigenvalue weighted by Crippen LogP contribution is 2.37. The molecule has 6 heteroatoms. The molecule has 2 aromatic rings. The number of carbonyl (C=O) groups is 1. The molecule has 3 rings (SSSR count). The smallest absolute Gasteiger partial charge is 0.187 e. The second-order valence-electron chi connectivity index (χ2n) is 4.78. The Kier molecular flexibility index (Phi) is 4.10. The van der Waals surface area contributed by atoms with E-state index in [-0.39, 0.29) is 5.78 Å². The third-order valence-electron chi connectivity index (χ3n) is 3.36. The van der Waals surface area contributed by atoms with Crippen molar-refractivity contribution in [3.8, 4) is 10.6 Å². The highest BCUT2D eigenvalue weighted by Gasteiger charge is 2.24. The van der Waals surface area contributed by atoms with Crippen molar-refractivity contribution in [1.82, 2.24) is 4.98 Å². The van der Waals surface area contributed by atoms with Crippen molar-refractivity contribution in [3.63, 3.8) is 0 Å². The molecule has 0 spiro atoms. The van der Waals surface area contributed by atoms with Gasteiger partial charge in [0.2, 0.25) is 0 Å². The van der Waals surface area contributed by atoms with Gasteiger partial charge in [-0.05, 0) is 36.3 Å². The van der Waals surface area contributed by atoms with Crippen molar-refractivity contribution in [2.45, 2.75) is 19.3 Å². The van der Waals surface area contributed by atoms with E-state index in [1.54, 1.807) is 6.20 Å². The summed E-state index contributed by atoms with van der Waals surface area (Å²) >= 11 is -0.659. The molecule has 1 saturated carbocycles. The molecule has 108 valence electrons. The van der Waals surface area contributed by atoms with Crippen LogP contribution in [0, 0.1) is 0 Å². The van der Waals surface area contributed by atoms with Crippen LogP contribution in [0.25, 0.3) is 15.5 Å². The topological polar surface area (TPSA) is 67.3 Å². The lowest BCUT2D eigenvalue weighted by atomic mass is 10.2. The fourth-order valence-corrected chi connectivity index (χ4v) is 4.36. The van der Waals surface area contributed by atoms with Gasteiger partial charge in [-0.1, -0.05) is 6.07 Å². The number of hydrogen-bond acceptors (Lipinski definition) is 4. The second kappa shape index (κ2) is 6.01. The molecule has 0 amide bonds. The molecule has 0 aliphatic heterocycles. The van der Waals surface area contributed by atoms with Crippen molar-refractivity contribution in [2.75, 3.05) is 0 Å². The molecule has 1 atom stereocenters. The molecule has 4 nitrogen and oxygen atoms in total. The van der Waals surface area contributed by atoms with Gasteiger partial charge in [0.05, 0.1) is 15.5 Å². The van der Waals surface area contributed by atoms with Crippen LogP contribution in [-0.4, -0.2) is 19.5 Å². The quantitative estimate of drug-likeness (QED) is 0.879. The highest BCUT2D eigenvalue weighted by molar-refractivity contribution is 7.89. The highest BCUT2D eigenvalue weighted by atomic mass is 32.2. The molecule has 1 fully saturated rings. The molecule has 21 heavy (non-hydrogen) atoms. The SMILES string of the molecule is O=C1CCC(=C(c2ccc(-c3ccccn3)s2)S(=O)O)C1. The normalized spacial score (nSPS) is 18.8. The summed E-state index contributed by atoms with van der Waals surface area (Å²) in [4.78, 5) is 17.8. The number of nitrogens with zero attached hydrogens (tertiary/aromatic N) is 1. The van der Waals surface area contributed by atoms with Crippen LogP contribution in [0.3, 0.4) is 0 Å². The Hall–Kier alpha value is -1.63. The van der Waals surface area contributed by atoms with Crippen LogP contribution >= 0.6 is 11.3 Å². The van der Waals surface area contributed by atoms with E-state index >= 15 is 0 Å². The van der Waals surface area contributed by atoms with E-state index in [1.165, 1.54) is 11.3 Å². The Labute approximate surface area is 128 Å². The average molecular weight is 319 g/mol. The maximum absolute atomic E-state index is 11.7. The van der Waals surface area contributed by atoms with E-state index in [2.05, 4.69) is 4.98 Å². The first-order chi connectivity index (χ1) is 10.1. The maximum Gasteiger partial charge on any atom is 0.187 e. The summed E-state index contributed by atoms with van der Waals surface area (Å²) in [7, 11) is 0. The Morgan fingerprint density at radius 1 is 1.24 bits per heavy atom. The van der Waals surface area contributed by atoms with E-state index < -0.39 is 11.1 Å². The van der Waals surface area contributed by atoms with Gasteiger partial charge in [-0.25, -0.2) is 4.21 Å². The van der Waals surface area contributed by atoms with Gasteiger partial charge >= 0.3 is 0 Å². The first kappa shape index (κ1) is 14.3. The van der Waals surface area contributed by atoms with E-state index in [4.69, 9.17) is 0 Å². The van der Waals surface area contributed by atoms with Crippen LogP contribution < -0.4 is 0 Å². The van der Waals surface area contributed by atoms with E-state index in [1.807, 2.05) is 30.3 Å². The van der Waals surface area contributed by atoms with Crippen LogP contribution in [0.15, 0.2) is 42.1 Å². The summed E-state index contributed by atoms with van der Waals surface area (Å²) in [6.45, 7) is 0. The van der Waals surface area contributed by atoms with E-state index in [9.17, 15) is 13.6 Å². The fourth-order valence-electron chi connectivity index (χ4n) is 2.39. The summed E-state index contributed by atoms with van der Waals surface area (Å²) in [5.74, 6) is 0.134. The first-order valence-electron chi connectivity index (χ1n) is 6.51. The predicted octanol–water partition coefficient (Wildman–Crippen LogP) is 3.50. The van der Waals surface area contributed by atoms with Crippen LogP contribution in [0.5, 0.6) is 0 Å². The zero-order valence-electron chi connectivity index (χ0n) is 11.1. The van der Waals surface area contributed by atoms with Crippen molar-refractivity contribution in [2.24, 2.45) is 0 Å². The lowest BCUT2D eigenvalue weighted by Gasteiger charge is -2.04.